The number of carbonyl (C=O) groups excluding carboxylic acids is 2. The molecule has 0 saturated heterocycles. The second-order valence-electron chi connectivity index (χ2n) is 7.45. The lowest BCUT2D eigenvalue weighted by Gasteiger charge is -2.27. The number of urea groups is 1. The lowest BCUT2D eigenvalue weighted by Crippen LogP contribution is -2.41. The fourth-order valence-corrected chi connectivity index (χ4v) is 4.06. The molecule has 4 N–H and O–H groups in total. The maximum Gasteiger partial charge on any atom is 0.327 e. The van der Waals surface area contributed by atoms with Gasteiger partial charge in [-0.3, -0.25) is 9.69 Å². The average Bonchev–Trinajstić information content (AvgIpc) is 2.87. The molecule has 0 aromatic heterocycles. The summed E-state index contributed by atoms with van der Waals surface area (Å²) in [5, 5.41) is 12.0. The zero-order valence-electron chi connectivity index (χ0n) is 19.7. The van der Waals surface area contributed by atoms with Gasteiger partial charge in [-0.15, -0.1) is 0 Å². The Morgan fingerprint density at radius 1 is 1.19 bits per heavy atom. The minimum absolute atomic E-state index is 0.132. The highest BCUT2D eigenvalue weighted by atomic mass is 35.5. The van der Waals surface area contributed by atoms with Gasteiger partial charge in [0, 0.05) is 36.5 Å². The fourth-order valence-electron chi connectivity index (χ4n) is 3.35. The van der Waals surface area contributed by atoms with Crippen molar-refractivity contribution in [3.05, 3.63) is 63.2 Å². The number of carbonyl (C=O) groups is 2. The number of nitrogens with zero attached hydrogens (tertiary/aromatic N) is 2. The Balaban J connectivity index is 1.77. The summed E-state index contributed by atoms with van der Waals surface area (Å²) >= 11 is 18.2. The maximum atomic E-state index is 13.0. The topological polar surface area (TPSA) is 116 Å². The van der Waals surface area contributed by atoms with Gasteiger partial charge in [-0.05, 0) is 18.9 Å². The summed E-state index contributed by atoms with van der Waals surface area (Å²) in [6, 6.07) is 1.00. The Bertz CT molecular complexity index is 1150. The Morgan fingerprint density at radius 2 is 1.89 bits per heavy atom. The normalized spacial score (nSPS) is 16.8. The first kappa shape index (κ1) is 27.3. The number of benzene rings is 1. The number of halogens is 3. The molecule has 192 valence electrons. The van der Waals surface area contributed by atoms with E-state index in [2.05, 4.69) is 26.3 Å². The molecule has 0 bridgehead atoms. The van der Waals surface area contributed by atoms with Crippen molar-refractivity contribution >= 4 is 58.8 Å². The van der Waals surface area contributed by atoms with Gasteiger partial charge >= 0.3 is 6.03 Å². The molecule has 2 aliphatic rings. The molecule has 1 heterocycles. The number of aliphatic imine (C=N–C) groups is 1. The summed E-state index contributed by atoms with van der Waals surface area (Å²) in [5.74, 6) is 0.687. The largest absolute Gasteiger partial charge is 0.495 e. The van der Waals surface area contributed by atoms with E-state index in [-0.39, 0.29) is 21.6 Å². The first-order chi connectivity index (χ1) is 17.3. The van der Waals surface area contributed by atoms with Crippen LogP contribution in [0.4, 0.5) is 10.5 Å². The second-order valence-corrected chi connectivity index (χ2v) is 8.46. The minimum Gasteiger partial charge on any atom is -0.495 e. The summed E-state index contributed by atoms with van der Waals surface area (Å²) in [5.41, 5.74) is 2.70. The third-order valence-electron chi connectivity index (χ3n) is 5.20. The van der Waals surface area contributed by atoms with E-state index in [0.717, 1.165) is 17.7 Å². The van der Waals surface area contributed by atoms with Crippen LogP contribution < -0.4 is 30.7 Å². The van der Waals surface area contributed by atoms with Crippen molar-refractivity contribution in [1.29, 1.82) is 0 Å². The summed E-state index contributed by atoms with van der Waals surface area (Å²) in [6.07, 6.45) is 9.15. The molecule has 3 amide bonds. The van der Waals surface area contributed by atoms with E-state index < -0.39 is 12.2 Å². The molecule has 1 aromatic rings. The molecule has 10 nitrogen and oxygen atoms in total. The van der Waals surface area contributed by atoms with Gasteiger partial charge in [0.2, 0.25) is 5.91 Å². The van der Waals surface area contributed by atoms with Crippen LogP contribution in [-0.4, -0.2) is 50.6 Å². The van der Waals surface area contributed by atoms with Crippen LogP contribution >= 0.6 is 34.8 Å². The summed E-state index contributed by atoms with van der Waals surface area (Å²) in [4.78, 5) is 30.7. The van der Waals surface area contributed by atoms with Crippen molar-refractivity contribution in [1.82, 2.24) is 20.9 Å². The molecule has 13 heteroatoms. The van der Waals surface area contributed by atoms with Crippen LogP contribution in [0, 0.1) is 0 Å². The molecule has 3 rings (SSSR count). The SMILES string of the molecule is COc1cc(OC)c(Cl)c(NC(=O)N(C)C2=CC(NC3=C(NC(=O)/C=C/Cl)C=CCC3)N=CN2)c1Cl. The van der Waals surface area contributed by atoms with Crippen LogP contribution in [0.15, 0.2) is 58.1 Å². The number of rotatable bonds is 8. The Labute approximate surface area is 223 Å². The standard InChI is InChI=1S/C23H25Cl3N6O4/c1-32(23(34)31-22-20(25)15(35-2)10-16(36-3)21(22)26)18-11-17(27-12-28-18)29-13-6-4-5-7-14(13)30-19(33)8-9-24/h5,7-12,17,29H,4,6H2,1-3H3,(H,27,28)(H,30,33)(H,31,34)/b9-8+. The van der Waals surface area contributed by atoms with Gasteiger partial charge in [0.15, 0.2) is 0 Å². The number of allylic oxidation sites excluding steroid dienone is 3. The lowest BCUT2D eigenvalue weighted by atomic mass is 10.1. The van der Waals surface area contributed by atoms with Crippen LogP contribution in [0.25, 0.3) is 0 Å². The molecule has 0 radical (unpaired) electrons. The van der Waals surface area contributed by atoms with Gasteiger partial charge in [0.25, 0.3) is 0 Å². The van der Waals surface area contributed by atoms with Gasteiger partial charge in [0.1, 0.15) is 33.5 Å². The molecular formula is C23H25Cl3N6O4. The molecular weight excluding hydrogens is 531 g/mol. The van der Waals surface area contributed by atoms with E-state index >= 15 is 0 Å². The summed E-state index contributed by atoms with van der Waals surface area (Å²) in [6.45, 7) is 0. The minimum atomic E-state index is -0.525. The van der Waals surface area contributed by atoms with E-state index in [0.29, 0.717) is 29.4 Å². The van der Waals surface area contributed by atoms with Crippen molar-refractivity contribution in [3.63, 3.8) is 0 Å². The summed E-state index contributed by atoms with van der Waals surface area (Å²) < 4.78 is 10.5. The van der Waals surface area contributed by atoms with E-state index in [9.17, 15) is 9.59 Å². The molecule has 1 unspecified atom stereocenters. The Kier molecular flexibility index (Phi) is 9.51. The van der Waals surface area contributed by atoms with E-state index in [1.54, 1.807) is 13.1 Å². The summed E-state index contributed by atoms with van der Waals surface area (Å²) in [7, 11) is 4.45. The van der Waals surface area contributed by atoms with Gasteiger partial charge in [-0.2, -0.15) is 0 Å². The predicted molar refractivity (Wildman–Crippen MR) is 142 cm³/mol. The van der Waals surface area contributed by atoms with Crippen LogP contribution in [0.1, 0.15) is 12.8 Å². The molecule has 1 atom stereocenters. The number of nitrogens with one attached hydrogen (secondary N) is 4. The third-order valence-corrected chi connectivity index (χ3v) is 6.08. The Morgan fingerprint density at radius 3 is 2.53 bits per heavy atom. The first-order valence-corrected chi connectivity index (χ1v) is 11.9. The van der Waals surface area contributed by atoms with Gasteiger partial charge < -0.3 is 30.7 Å². The zero-order chi connectivity index (χ0) is 26.2. The van der Waals surface area contributed by atoms with Crippen LogP contribution in [0.2, 0.25) is 10.0 Å². The number of ether oxygens (including phenoxy) is 2. The molecule has 1 aliphatic heterocycles. The van der Waals surface area contributed by atoms with Crippen molar-refractivity contribution in [2.75, 3.05) is 26.6 Å². The number of hydrogen-bond acceptors (Lipinski definition) is 7. The Hall–Kier alpha value is -3.34. The number of amides is 3. The average molecular weight is 556 g/mol. The number of methoxy groups -OCH3 is 2. The van der Waals surface area contributed by atoms with E-state index in [1.807, 2.05) is 12.2 Å². The monoisotopic (exact) mass is 554 g/mol. The molecule has 1 aliphatic carbocycles. The van der Waals surface area contributed by atoms with Crippen LogP contribution in [0.3, 0.4) is 0 Å². The van der Waals surface area contributed by atoms with Gasteiger partial charge in [-0.1, -0.05) is 40.9 Å². The van der Waals surface area contributed by atoms with Crippen molar-refractivity contribution in [2.45, 2.75) is 19.0 Å². The van der Waals surface area contributed by atoms with E-state index in [1.165, 1.54) is 37.6 Å². The van der Waals surface area contributed by atoms with Crippen LogP contribution in [-0.2, 0) is 4.79 Å². The highest BCUT2D eigenvalue weighted by Gasteiger charge is 2.23. The molecule has 0 spiro atoms. The number of anilines is 1. The maximum absolute atomic E-state index is 13.0. The molecule has 1 aromatic carbocycles. The van der Waals surface area contributed by atoms with Gasteiger partial charge in [0.05, 0.1) is 31.9 Å². The molecule has 36 heavy (non-hydrogen) atoms. The lowest BCUT2D eigenvalue weighted by molar-refractivity contribution is -0.115. The van der Waals surface area contributed by atoms with Crippen molar-refractivity contribution in [3.8, 4) is 11.5 Å². The predicted octanol–water partition coefficient (Wildman–Crippen LogP) is 4.29. The number of hydrogen-bond donors (Lipinski definition) is 4. The van der Waals surface area contributed by atoms with Crippen molar-refractivity contribution in [2.24, 2.45) is 4.99 Å². The highest BCUT2D eigenvalue weighted by Crippen LogP contribution is 2.44. The van der Waals surface area contributed by atoms with Crippen molar-refractivity contribution < 1.29 is 19.1 Å². The molecule has 0 fully saturated rings. The van der Waals surface area contributed by atoms with Gasteiger partial charge in [-0.25, -0.2) is 9.79 Å². The molecule has 0 saturated carbocycles. The smallest absolute Gasteiger partial charge is 0.327 e. The third kappa shape index (κ3) is 6.45. The second kappa shape index (κ2) is 12.6. The highest BCUT2D eigenvalue weighted by molar-refractivity contribution is 6.41. The first-order valence-electron chi connectivity index (χ1n) is 10.7. The quantitative estimate of drug-likeness (QED) is 0.356. The van der Waals surface area contributed by atoms with Crippen LogP contribution in [0.5, 0.6) is 11.5 Å². The zero-order valence-corrected chi connectivity index (χ0v) is 22.0. The fraction of sp³-hybridized carbons (Fsp3) is 0.261. The van der Waals surface area contributed by atoms with E-state index in [4.69, 9.17) is 44.3 Å².